The molecule has 0 aromatic rings. The highest BCUT2D eigenvalue weighted by molar-refractivity contribution is 7.48. The molecule has 13 heteroatoms. The van der Waals surface area contributed by atoms with Crippen LogP contribution in [0.15, 0.2) is 0 Å². The van der Waals surface area contributed by atoms with E-state index in [0.29, 0.717) is 0 Å². The lowest BCUT2D eigenvalue weighted by Crippen LogP contribution is -2.64. The van der Waals surface area contributed by atoms with E-state index in [4.69, 9.17) is 20.6 Å². The summed E-state index contributed by atoms with van der Waals surface area (Å²) in [6.45, 7) is -1.43. The first-order chi connectivity index (χ1) is 10.2. The van der Waals surface area contributed by atoms with E-state index < -0.39 is 63.8 Å². The molecule has 3 unspecified atom stereocenters. The standard InChI is InChI=1S/C9H20NO11P/c10-21-22(18,19-2-3(12)1-11)20-9-7(16)5(14)4(13)6(15)8(9)17/h3-9,11-17H,1-2,10H2/t3-,4?,5-,6+,7+,8+,9?,22?/m1/s1. The zero-order chi connectivity index (χ0) is 17.1. The zero-order valence-electron chi connectivity index (χ0n) is 11.2. The first-order valence-corrected chi connectivity index (χ1v) is 7.63. The molecule has 1 saturated carbocycles. The van der Waals surface area contributed by atoms with Crippen molar-refractivity contribution in [1.82, 2.24) is 0 Å². The minimum Gasteiger partial charge on any atom is -0.394 e. The fraction of sp³-hybridized carbons (Fsp3) is 1.00. The third kappa shape index (κ3) is 4.41. The van der Waals surface area contributed by atoms with Gasteiger partial charge in [-0.25, -0.2) is 15.1 Å². The largest absolute Gasteiger partial charge is 0.491 e. The highest BCUT2D eigenvalue weighted by Crippen LogP contribution is 2.50. The molecule has 0 heterocycles. The van der Waals surface area contributed by atoms with E-state index in [1.165, 1.54) is 0 Å². The second-order valence-electron chi connectivity index (χ2n) is 4.71. The van der Waals surface area contributed by atoms with Crippen LogP contribution >= 0.6 is 7.82 Å². The molecule has 12 nitrogen and oxygen atoms in total. The molecule has 22 heavy (non-hydrogen) atoms. The summed E-state index contributed by atoms with van der Waals surface area (Å²) in [5.41, 5.74) is 0. The van der Waals surface area contributed by atoms with Crippen molar-refractivity contribution in [3.05, 3.63) is 0 Å². The molecule has 1 rings (SSSR count). The first-order valence-electron chi connectivity index (χ1n) is 6.17. The zero-order valence-corrected chi connectivity index (χ0v) is 12.1. The van der Waals surface area contributed by atoms with Crippen LogP contribution in [-0.4, -0.2) is 91.7 Å². The Morgan fingerprint density at radius 2 is 1.45 bits per heavy atom. The summed E-state index contributed by atoms with van der Waals surface area (Å²) in [5, 5.41) is 65.5. The van der Waals surface area contributed by atoms with Gasteiger partial charge in [0, 0.05) is 0 Å². The fourth-order valence-electron chi connectivity index (χ4n) is 1.79. The number of aliphatic hydroxyl groups is 7. The second-order valence-corrected chi connectivity index (χ2v) is 6.28. The maximum absolute atomic E-state index is 12.0. The highest BCUT2D eigenvalue weighted by atomic mass is 31.2. The van der Waals surface area contributed by atoms with Gasteiger partial charge in [0.25, 0.3) is 0 Å². The lowest BCUT2D eigenvalue weighted by Gasteiger charge is -2.41. The summed E-state index contributed by atoms with van der Waals surface area (Å²) in [6, 6.07) is 0. The molecule has 0 aromatic carbocycles. The van der Waals surface area contributed by atoms with Gasteiger partial charge < -0.3 is 35.7 Å². The topological polar surface area (TPSA) is 212 Å². The van der Waals surface area contributed by atoms with E-state index in [1.807, 2.05) is 0 Å². The van der Waals surface area contributed by atoms with Gasteiger partial charge in [-0.05, 0) is 0 Å². The van der Waals surface area contributed by atoms with Crippen molar-refractivity contribution in [3.8, 4) is 0 Å². The molecule has 0 bridgehead atoms. The van der Waals surface area contributed by atoms with Crippen LogP contribution in [0.4, 0.5) is 0 Å². The lowest BCUT2D eigenvalue weighted by molar-refractivity contribution is -0.220. The Morgan fingerprint density at radius 1 is 1.00 bits per heavy atom. The quantitative estimate of drug-likeness (QED) is 0.161. The summed E-state index contributed by atoms with van der Waals surface area (Å²) in [7, 11) is -4.60. The number of rotatable bonds is 7. The Kier molecular flexibility index (Phi) is 7.26. The Morgan fingerprint density at radius 3 is 1.86 bits per heavy atom. The van der Waals surface area contributed by atoms with Crippen molar-refractivity contribution in [2.75, 3.05) is 13.2 Å². The average molecular weight is 349 g/mol. The van der Waals surface area contributed by atoms with Crippen molar-refractivity contribution < 1.29 is 54.0 Å². The summed E-state index contributed by atoms with van der Waals surface area (Å²) >= 11 is 0. The molecule has 0 amide bonds. The van der Waals surface area contributed by atoms with Crippen LogP contribution in [0.5, 0.6) is 0 Å². The Hall–Kier alpha value is -0.210. The fourth-order valence-corrected chi connectivity index (χ4v) is 2.86. The Bertz CT molecular complexity index is 382. The molecule has 0 aromatic heterocycles. The van der Waals surface area contributed by atoms with Crippen molar-refractivity contribution in [3.63, 3.8) is 0 Å². The van der Waals surface area contributed by atoms with Crippen LogP contribution in [-0.2, 0) is 18.2 Å². The van der Waals surface area contributed by atoms with Crippen LogP contribution in [0.3, 0.4) is 0 Å². The molecular weight excluding hydrogens is 329 g/mol. The summed E-state index contributed by atoms with van der Waals surface area (Å²) in [5.74, 6) is 4.74. The number of hydrogen-bond acceptors (Lipinski definition) is 12. The lowest BCUT2D eigenvalue weighted by atomic mass is 9.85. The molecule has 132 valence electrons. The smallest absolute Gasteiger partial charge is 0.394 e. The van der Waals surface area contributed by atoms with Gasteiger partial charge in [0.2, 0.25) is 0 Å². The first kappa shape index (κ1) is 19.8. The van der Waals surface area contributed by atoms with Gasteiger partial charge >= 0.3 is 7.82 Å². The van der Waals surface area contributed by atoms with Gasteiger partial charge in [0.05, 0.1) is 13.2 Å². The number of phosphoric ester groups is 1. The van der Waals surface area contributed by atoms with Crippen molar-refractivity contribution >= 4 is 7.82 Å². The molecule has 1 fully saturated rings. The molecule has 0 spiro atoms. The van der Waals surface area contributed by atoms with Gasteiger partial charge in [-0.2, -0.15) is 0 Å². The van der Waals surface area contributed by atoms with E-state index in [-0.39, 0.29) is 0 Å². The molecule has 0 aliphatic heterocycles. The SMILES string of the molecule is NOP(=O)(OC[C@H](O)CO)OC1[C@@H](O)[C@H](O)C(O)[C@H](O)[C@@H]1O. The van der Waals surface area contributed by atoms with E-state index in [0.717, 1.165) is 0 Å². The van der Waals surface area contributed by atoms with Crippen LogP contribution in [0.25, 0.3) is 0 Å². The molecule has 0 radical (unpaired) electrons. The molecule has 8 atom stereocenters. The van der Waals surface area contributed by atoms with Gasteiger partial charge in [0.1, 0.15) is 42.7 Å². The molecule has 9 N–H and O–H groups in total. The maximum atomic E-state index is 12.0. The van der Waals surface area contributed by atoms with E-state index in [9.17, 15) is 30.1 Å². The normalized spacial score (nSPS) is 40.2. The summed E-state index contributed by atoms with van der Waals surface area (Å²) in [6.07, 6.45) is -12.8. The Balaban J connectivity index is 2.82. The van der Waals surface area contributed by atoms with E-state index in [1.54, 1.807) is 0 Å². The van der Waals surface area contributed by atoms with Gasteiger partial charge in [0.15, 0.2) is 0 Å². The van der Waals surface area contributed by atoms with Crippen LogP contribution in [0, 0.1) is 0 Å². The van der Waals surface area contributed by atoms with Crippen molar-refractivity contribution in [2.45, 2.75) is 42.7 Å². The minimum absolute atomic E-state index is 0.711. The second kappa shape index (κ2) is 8.06. The van der Waals surface area contributed by atoms with Gasteiger partial charge in [-0.3, -0.25) is 9.05 Å². The van der Waals surface area contributed by atoms with Crippen LogP contribution in [0.2, 0.25) is 0 Å². The van der Waals surface area contributed by atoms with Gasteiger partial charge in [-0.1, -0.05) is 0 Å². The van der Waals surface area contributed by atoms with E-state index in [2.05, 4.69) is 9.15 Å². The molecule has 0 saturated heterocycles. The minimum atomic E-state index is -4.60. The van der Waals surface area contributed by atoms with Crippen molar-refractivity contribution in [1.29, 1.82) is 0 Å². The number of phosphoric acid groups is 1. The van der Waals surface area contributed by atoms with Crippen LogP contribution < -0.4 is 5.90 Å². The average Bonchev–Trinajstić information content (AvgIpc) is 2.52. The van der Waals surface area contributed by atoms with Gasteiger partial charge in [-0.15, -0.1) is 0 Å². The van der Waals surface area contributed by atoms with E-state index >= 15 is 0 Å². The molecular formula is C9H20NO11P. The third-order valence-corrected chi connectivity index (χ3v) is 4.31. The maximum Gasteiger partial charge on any atom is 0.491 e. The summed E-state index contributed by atoms with van der Waals surface area (Å²) in [4.78, 5) is 0. The third-order valence-electron chi connectivity index (χ3n) is 3.09. The number of aliphatic hydroxyl groups excluding tert-OH is 7. The monoisotopic (exact) mass is 349 g/mol. The number of nitrogens with two attached hydrogens (primary N) is 1. The highest BCUT2D eigenvalue weighted by Gasteiger charge is 2.51. The molecule has 1 aliphatic rings. The Labute approximate surface area is 124 Å². The van der Waals surface area contributed by atoms with Crippen molar-refractivity contribution in [2.24, 2.45) is 5.90 Å². The predicted octanol–water partition coefficient (Wildman–Crippen LogP) is -4.44. The number of hydrogen-bond donors (Lipinski definition) is 8. The predicted molar refractivity (Wildman–Crippen MR) is 66.8 cm³/mol. The summed E-state index contributed by atoms with van der Waals surface area (Å²) < 4.78 is 25.3. The molecule has 1 aliphatic carbocycles. The van der Waals surface area contributed by atoms with Crippen LogP contribution in [0.1, 0.15) is 0 Å².